The van der Waals surface area contributed by atoms with E-state index >= 15 is 0 Å². The molecule has 0 aliphatic carbocycles. The van der Waals surface area contributed by atoms with Crippen molar-refractivity contribution in [2.75, 3.05) is 0 Å². The number of ketones is 1. The van der Waals surface area contributed by atoms with E-state index in [2.05, 4.69) is 0 Å². The first-order chi connectivity index (χ1) is 9.30. The van der Waals surface area contributed by atoms with E-state index in [1.807, 2.05) is 27.7 Å². The highest BCUT2D eigenvalue weighted by Gasteiger charge is 2.29. The summed E-state index contributed by atoms with van der Waals surface area (Å²) in [5.74, 6) is -0.181. The standard InChI is InChI=1S/C11H12F3NO.2C2H6.H2/c1-7(16)10(15)6-8-2-4-9(5-3-8)11(12,13)14;2*1-2;/h2-5,10H,6,15H2,1H3;2*1-2H3;1H/t10-;;;/m0.../s1. The summed E-state index contributed by atoms with van der Waals surface area (Å²) >= 11 is 0. The van der Waals surface area contributed by atoms with E-state index in [-0.39, 0.29) is 13.6 Å². The fourth-order valence-corrected chi connectivity index (χ4v) is 1.23. The fourth-order valence-electron chi connectivity index (χ4n) is 1.23. The topological polar surface area (TPSA) is 43.1 Å². The van der Waals surface area contributed by atoms with Gasteiger partial charge in [-0.1, -0.05) is 39.8 Å². The molecule has 0 amide bonds. The summed E-state index contributed by atoms with van der Waals surface area (Å²) in [7, 11) is 0. The average Bonchev–Trinajstić information content (AvgIpc) is 2.42. The predicted octanol–water partition coefficient (Wildman–Crippen LogP) is 4.46. The van der Waals surface area contributed by atoms with Crippen molar-refractivity contribution in [1.82, 2.24) is 0 Å². The highest BCUT2D eigenvalue weighted by molar-refractivity contribution is 5.81. The molecule has 1 rings (SSSR count). The van der Waals surface area contributed by atoms with Gasteiger partial charge in [-0.15, -0.1) is 0 Å². The third-order valence-corrected chi connectivity index (χ3v) is 2.26. The van der Waals surface area contributed by atoms with E-state index in [9.17, 15) is 18.0 Å². The van der Waals surface area contributed by atoms with Crippen LogP contribution in [0.2, 0.25) is 0 Å². The number of Topliss-reactive ketones (excluding diaryl/α,β-unsaturated/α-hetero) is 1. The molecule has 118 valence electrons. The van der Waals surface area contributed by atoms with Crippen LogP contribution in [0, 0.1) is 0 Å². The molecule has 0 fully saturated rings. The third-order valence-electron chi connectivity index (χ3n) is 2.26. The lowest BCUT2D eigenvalue weighted by Gasteiger charge is -2.10. The average molecular weight is 293 g/mol. The molecule has 0 saturated heterocycles. The monoisotopic (exact) mass is 293 g/mol. The summed E-state index contributed by atoms with van der Waals surface area (Å²) in [5, 5.41) is 0. The molecule has 0 radical (unpaired) electrons. The van der Waals surface area contributed by atoms with E-state index in [0.717, 1.165) is 12.1 Å². The van der Waals surface area contributed by atoms with Gasteiger partial charge in [0.1, 0.15) is 5.78 Å². The van der Waals surface area contributed by atoms with Crippen molar-refractivity contribution in [2.24, 2.45) is 5.73 Å². The number of hydrogen-bond donors (Lipinski definition) is 1. The smallest absolute Gasteiger partial charge is 0.321 e. The Labute approximate surface area is 120 Å². The first kappa shape index (κ1) is 20.9. The second kappa shape index (κ2) is 10.4. The Bertz CT molecular complexity index is 378. The first-order valence-corrected chi connectivity index (χ1v) is 6.73. The van der Waals surface area contributed by atoms with Crippen molar-refractivity contribution >= 4 is 5.78 Å². The van der Waals surface area contributed by atoms with E-state index in [1.165, 1.54) is 19.1 Å². The summed E-state index contributed by atoms with van der Waals surface area (Å²) in [4.78, 5) is 10.9. The van der Waals surface area contributed by atoms with E-state index in [1.54, 1.807) is 0 Å². The van der Waals surface area contributed by atoms with E-state index < -0.39 is 17.8 Å². The minimum atomic E-state index is -4.33. The number of alkyl halides is 3. The SMILES string of the molecule is CC.CC.CC(=O)[C@@H](N)Cc1ccc(C(F)(F)F)cc1.[HH]. The zero-order chi connectivity index (χ0) is 16.3. The number of nitrogens with two attached hydrogens (primary N) is 1. The quantitative estimate of drug-likeness (QED) is 0.894. The molecule has 0 aliphatic rings. The molecule has 0 aliphatic heterocycles. The third kappa shape index (κ3) is 7.94. The van der Waals surface area contributed by atoms with Crippen LogP contribution < -0.4 is 5.73 Å². The Morgan fingerprint density at radius 1 is 1.15 bits per heavy atom. The predicted molar refractivity (Wildman–Crippen MR) is 78.6 cm³/mol. The summed E-state index contributed by atoms with van der Waals surface area (Å²) in [6.07, 6.45) is -4.07. The fraction of sp³-hybridized carbons (Fsp3) is 0.533. The summed E-state index contributed by atoms with van der Waals surface area (Å²) in [5.41, 5.74) is 5.42. The Kier molecular flexibility index (Phi) is 10.9. The van der Waals surface area contributed by atoms with Crippen molar-refractivity contribution in [1.29, 1.82) is 0 Å². The van der Waals surface area contributed by atoms with Crippen molar-refractivity contribution in [3.8, 4) is 0 Å². The van der Waals surface area contributed by atoms with Crippen LogP contribution in [0.4, 0.5) is 13.2 Å². The van der Waals surface area contributed by atoms with E-state index in [4.69, 9.17) is 5.73 Å². The van der Waals surface area contributed by atoms with Crippen molar-refractivity contribution < 1.29 is 19.4 Å². The van der Waals surface area contributed by atoms with Gasteiger partial charge in [-0.2, -0.15) is 13.2 Å². The lowest BCUT2D eigenvalue weighted by Crippen LogP contribution is -2.30. The van der Waals surface area contributed by atoms with Crippen LogP contribution in [-0.4, -0.2) is 11.8 Å². The van der Waals surface area contributed by atoms with Gasteiger partial charge in [-0.05, 0) is 31.0 Å². The second-order valence-corrected chi connectivity index (χ2v) is 3.62. The second-order valence-electron chi connectivity index (χ2n) is 3.62. The molecule has 2 N–H and O–H groups in total. The van der Waals surface area contributed by atoms with Gasteiger partial charge in [-0.3, -0.25) is 4.79 Å². The number of carbonyl (C=O) groups excluding carboxylic acids is 1. The largest absolute Gasteiger partial charge is 0.416 e. The molecule has 0 heterocycles. The molecule has 20 heavy (non-hydrogen) atoms. The highest BCUT2D eigenvalue weighted by atomic mass is 19.4. The van der Waals surface area contributed by atoms with Gasteiger partial charge in [-0.25, -0.2) is 0 Å². The zero-order valence-corrected chi connectivity index (χ0v) is 12.7. The van der Waals surface area contributed by atoms with Crippen LogP contribution >= 0.6 is 0 Å². The maximum absolute atomic E-state index is 12.2. The maximum atomic E-state index is 12.2. The van der Waals surface area contributed by atoms with Gasteiger partial charge in [0.25, 0.3) is 0 Å². The van der Waals surface area contributed by atoms with Gasteiger partial charge in [0.05, 0.1) is 11.6 Å². The Balaban J connectivity index is -0.000000595. The van der Waals surface area contributed by atoms with Gasteiger partial charge < -0.3 is 5.73 Å². The highest BCUT2D eigenvalue weighted by Crippen LogP contribution is 2.29. The van der Waals surface area contributed by atoms with Crippen LogP contribution in [0.25, 0.3) is 0 Å². The molecule has 5 heteroatoms. The van der Waals surface area contributed by atoms with Crippen molar-refractivity contribution in [3.63, 3.8) is 0 Å². The maximum Gasteiger partial charge on any atom is 0.416 e. The van der Waals surface area contributed by atoms with Crippen LogP contribution in [0.5, 0.6) is 0 Å². The molecule has 0 bridgehead atoms. The molecular weight excluding hydrogens is 267 g/mol. The summed E-state index contributed by atoms with van der Waals surface area (Å²) in [6.45, 7) is 9.36. The molecule has 0 unspecified atom stereocenters. The molecular formula is C15H26F3NO. The molecule has 1 aromatic carbocycles. The first-order valence-electron chi connectivity index (χ1n) is 6.73. The van der Waals surface area contributed by atoms with Crippen LogP contribution in [0.3, 0.4) is 0 Å². The summed E-state index contributed by atoms with van der Waals surface area (Å²) in [6, 6.07) is 4.00. The van der Waals surface area contributed by atoms with Crippen molar-refractivity contribution in [2.45, 2.75) is 53.3 Å². The molecule has 0 aromatic heterocycles. The number of halogens is 3. The Hall–Kier alpha value is -1.36. The molecule has 0 spiro atoms. The van der Waals surface area contributed by atoms with Gasteiger partial charge in [0, 0.05) is 1.43 Å². The number of hydrogen-bond acceptors (Lipinski definition) is 2. The van der Waals surface area contributed by atoms with Crippen molar-refractivity contribution in [3.05, 3.63) is 35.4 Å². The number of benzene rings is 1. The number of carbonyl (C=O) groups is 1. The van der Waals surface area contributed by atoms with Gasteiger partial charge in [0.2, 0.25) is 0 Å². The zero-order valence-electron chi connectivity index (χ0n) is 12.7. The lowest BCUT2D eigenvalue weighted by molar-refractivity contribution is -0.137. The molecule has 1 atom stereocenters. The van der Waals surface area contributed by atoms with Gasteiger partial charge in [0.15, 0.2) is 0 Å². The Morgan fingerprint density at radius 2 is 1.55 bits per heavy atom. The van der Waals surface area contributed by atoms with Crippen LogP contribution in [0.15, 0.2) is 24.3 Å². The molecule has 1 aromatic rings. The van der Waals surface area contributed by atoms with E-state index in [0.29, 0.717) is 5.56 Å². The van der Waals surface area contributed by atoms with Crippen LogP contribution in [0.1, 0.15) is 47.2 Å². The van der Waals surface area contributed by atoms with Crippen LogP contribution in [-0.2, 0) is 17.4 Å². The minimum Gasteiger partial charge on any atom is -0.321 e. The summed E-state index contributed by atoms with van der Waals surface area (Å²) < 4.78 is 36.7. The Morgan fingerprint density at radius 3 is 1.85 bits per heavy atom. The lowest BCUT2D eigenvalue weighted by atomic mass is 10.0. The number of rotatable bonds is 3. The van der Waals surface area contributed by atoms with Gasteiger partial charge >= 0.3 is 6.18 Å². The molecule has 0 saturated carbocycles. The minimum absolute atomic E-state index is 0. The normalized spacial score (nSPS) is 11.4. The molecule has 2 nitrogen and oxygen atoms in total.